The van der Waals surface area contributed by atoms with E-state index in [9.17, 15) is 4.79 Å². The summed E-state index contributed by atoms with van der Waals surface area (Å²) in [6, 6.07) is 8.46. The number of hydrogen-bond acceptors (Lipinski definition) is 1. The molecule has 2 saturated carbocycles. The smallest absolute Gasteiger partial charge is 0.165 e. The van der Waals surface area contributed by atoms with Crippen LogP contribution in [0.4, 0.5) is 0 Å². The van der Waals surface area contributed by atoms with Crippen molar-refractivity contribution in [3.63, 3.8) is 0 Å². The molecule has 0 radical (unpaired) electrons. The number of carbonyl (C=O) groups excluding carboxylic acids is 1. The van der Waals surface area contributed by atoms with E-state index in [1.807, 2.05) is 0 Å². The standard InChI is InChI=1S/C19H24O/c1-14-6-8-15(9-7-14)13-16-10-11-17-5-3-4-12-19(17,2)18(16)20/h6-9,13,17H,3-5,10-12H2,1-2H3/b16-13-/t17?,19-/m0/s1. The van der Waals surface area contributed by atoms with Gasteiger partial charge in [0.2, 0.25) is 0 Å². The molecule has 1 aromatic rings. The minimum absolute atomic E-state index is 0.0764. The van der Waals surface area contributed by atoms with E-state index in [0.717, 1.165) is 24.0 Å². The lowest BCUT2D eigenvalue weighted by molar-refractivity contribution is -0.131. The molecule has 2 fully saturated rings. The van der Waals surface area contributed by atoms with E-state index in [1.165, 1.54) is 31.2 Å². The molecule has 106 valence electrons. The van der Waals surface area contributed by atoms with Crippen LogP contribution in [-0.2, 0) is 4.79 Å². The van der Waals surface area contributed by atoms with Gasteiger partial charge in [0.05, 0.1) is 0 Å². The van der Waals surface area contributed by atoms with E-state index in [2.05, 4.69) is 44.2 Å². The molecule has 1 heteroatoms. The molecule has 0 heterocycles. The molecular weight excluding hydrogens is 244 g/mol. The van der Waals surface area contributed by atoms with Crippen LogP contribution in [0.15, 0.2) is 29.8 Å². The fourth-order valence-corrected chi connectivity index (χ4v) is 3.98. The predicted molar refractivity (Wildman–Crippen MR) is 83.5 cm³/mol. The highest BCUT2D eigenvalue weighted by Crippen LogP contribution is 2.49. The van der Waals surface area contributed by atoms with Crippen molar-refractivity contribution in [2.24, 2.45) is 11.3 Å². The number of allylic oxidation sites excluding steroid dienone is 1. The fourth-order valence-electron chi connectivity index (χ4n) is 3.98. The summed E-state index contributed by atoms with van der Waals surface area (Å²) in [7, 11) is 0. The van der Waals surface area contributed by atoms with Gasteiger partial charge >= 0.3 is 0 Å². The van der Waals surface area contributed by atoms with E-state index in [0.29, 0.717) is 11.7 Å². The van der Waals surface area contributed by atoms with E-state index < -0.39 is 0 Å². The van der Waals surface area contributed by atoms with Gasteiger partial charge in [0.1, 0.15) is 0 Å². The van der Waals surface area contributed by atoms with Gasteiger partial charge in [-0.3, -0.25) is 4.79 Å². The minimum Gasteiger partial charge on any atom is -0.294 e. The Balaban J connectivity index is 1.88. The van der Waals surface area contributed by atoms with Crippen LogP contribution >= 0.6 is 0 Å². The molecule has 0 saturated heterocycles. The zero-order valence-corrected chi connectivity index (χ0v) is 12.6. The first-order chi connectivity index (χ1) is 9.59. The van der Waals surface area contributed by atoms with Crippen molar-refractivity contribution in [2.75, 3.05) is 0 Å². The van der Waals surface area contributed by atoms with Crippen LogP contribution in [0.3, 0.4) is 0 Å². The van der Waals surface area contributed by atoms with Gasteiger partial charge in [-0.05, 0) is 55.7 Å². The molecular formula is C19H24O. The quantitative estimate of drug-likeness (QED) is 0.659. The molecule has 2 aliphatic rings. The first kappa shape index (κ1) is 13.6. The maximum absolute atomic E-state index is 12.9. The average Bonchev–Trinajstić information content (AvgIpc) is 2.45. The van der Waals surface area contributed by atoms with E-state index in [4.69, 9.17) is 0 Å². The molecule has 20 heavy (non-hydrogen) atoms. The molecule has 2 aliphatic carbocycles. The Kier molecular flexibility index (Phi) is 3.54. The number of fused-ring (bicyclic) bond motifs is 1. The van der Waals surface area contributed by atoms with Crippen LogP contribution < -0.4 is 0 Å². The molecule has 0 N–H and O–H groups in total. The van der Waals surface area contributed by atoms with Crippen LogP contribution in [-0.4, -0.2) is 5.78 Å². The van der Waals surface area contributed by atoms with Gasteiger partial charge < -0.3 is 0 Å². The SMILES string of the molecule is Cc1ccc(/C=C2/CCC3CCCC[C@]3(C)C2=O)cc1. The largest absolute Gasteiger partial charge is 0.294 e. The summed E-state index contributed by atoms with van der Waals surface area (Å²) < 4.78 is 0. The molecule has 1 aromatic carbocycles. The summed E-state index contributed by atoms with van der Waals surface area (Å²) in [6.45, 7) is 4.30. The van der Waals surface area contributed by atoms with Gasteiger partial charge in [0, 0.05) is 5.41 Å². The first-order valence-corrected chi connectivity index (χ1v) is 7.92. The van der Waals surface area contributed by atoms with Gasteiger partial charge in [-0.15, -0.1) is 0 Å². The van der Waals surface area contributed by atoms with E-state index >= 15 is 0 Å². The Labute approximate surface area is 122 Å². The van der Waals surface area contributed by atoms with Gasteiger partial charge in [0.25, 0.3) is 0 Å². The summed E-state index contributed by atoms with van der Waals surface area (Å²) in [4.78, 5) is 12.9. The zero-order chi connectivity index (χ0) is 14.2. The lowest BCUT2D eigenvalue weighted by Gasteiger charge is -2.44. The van der Waals surface area contributed by atoms with Crippen molar-refractivity contribution in [2.45, 2.75) is 52.4 Å². The van der Waals surface area contributed by atoms with E-state index in [-0.39, 0.29) is 5.41 Å². The van der Waals surface area contributed by atoms with Crippen molar-refractivity contribution in [1.82, 2.24) is 0 Å². The Morgan fingerprint density at radius 1 is 1.15 bits per heavy atom. The lowest BCUT2D eigenvalue weighted by atomic mass is 9.58. The molecule has 0 amide bonds. The minimum atomic E-state index is -0.0764. The van der Waals surface area contributed by atoms with Crippen molar-refractivity contribution < 1.29 is 4.79 Å². The molecule has 3 rings (SSSR count). The summed E-state index contributed by atoms with van der Waals surface area (Å²) in [5.74, 6) is 1.05. The maximum Gasteiger partial charge on any atom is 0.165 e. The summed E-state index contributed by atoms with van der Waals surface area (Å²) in [5, 5.41) is 0. The van der Waals surface area contributed by atoms with Gasteiger partial charge in [-0.25, -0.2) is 0 Å². The number of rotatable bonds is 1. The Morgan fingerprint density at radius 3 is 2.65 bits per heavy atom. The summed E-state index contributed by atoms with van der Waals surface area (Å²) in [5.41, 5.74) is 3.40. The van der Waals surface area contributed by atoms with Crippen molar-refractivity contribution in [1.29, 1.82) is 0 Å². The fraction of sp³-hybridized carbons (Fsp3) is 0.526. The van der Waals surface area contributed by atoms with Gasteiger partial charge in [-0.1, -0.05) is 49.6 Å². The molecule has 0 aromatic heterocycles. The molecule has 0 aliphatic heterocycles. The highest BCUT2D eigenvalue weighted by Gasteiger charge is 2.46. The molecule has 0 bridgehead atoms. The highest BCUT2D eigenvalue weighted by atomic mass is 16.1. The number of carbonyl (C=O) groups is 1. The third-order valence-corrected chi connectivity index (χ3v) is 5.39. The van der Waals surface area contributed by atoms with E-state index in [1.54, 1.807) is 0 Å². The summed E-state index contributed by atoms with van der Waals surface area (Å²) in [6.07, 6.45) is 9.15. The molecule has 1 nitrogen and oxygen atoms in total. The van der Waals surface area contributed by atoms with Crippen molar-refractivity contribution in [3.8, 4) is 0 Å². The normalized spacial score (nSPS) is 32.2. The average molecular weight is 268 g/mol. The van der Waals surface area contributed by atoms with Gasteiger partial charge in [-0.2, -0.15) is 0 Å². The van der Waals surface area contributed by atoms with Gasteiger partial charge in [0.15, 0.2) is 5.78 Å². The number of Topliss-reactive ketones (excluding diaryl/α,β-unsaturated/α-hetero) is 1. The molecule has 2 atom stereocenters. The Bertz CT molecular complexity index is 537. The third-order valence-electron chi connectivity index (χ3n) is 5.39. The first-order valence-electron chi connectivity index (χ1n) is 7.92. The number of aryl methyl sites for hydroxylation is 1. The third kappa shape index (κ3) is 2.34. The van der Waals surface area contributed by atoms with Crippen molar-refractivity contribution in [3.05, 3.63) is 41.0 Å². The highest BCUT2D eigenvalue weighted by molar-refractivity contribution is 6.04. The second kappa shape index (κ2) is 5.20. The lowest BCUT2D eigenvalue weighted by Crippen LogP contribution is -2.42. The van der Waals surface area contributed by atoms with Crippen LogP contribution in [0.5, 0.6) is 0 Å². The second-order valence-corrected chi connectivity index (χ2v) is 6.81. The van der Waals surface area contributed by atoms with Crippen molar-refractivity contribution >= 4 is 11.9 Å². The summed E-state index contributed by atoms with van der Waals surface area (Å²) >= 11 is 0. The molecule has 1 unspecified atom stereocenters. The van der Waals surface area contributed by atoms with Crippen LogP contribution in [0.25, 0.3) is 6.08 Å². The van der Waals surface area contributed by atoms with Crippen LogP contribution in [0.2, 0.25) is 0 Å². The Hall–Kier alpha value is -1.37. The monoisotopic (exact) mass is 268 g/mol. The number of hydrogen-bond donors (Lipinski definition) is 0. The van der Waals surface area contributed by atoms with Crippen LogP contribution in [0, 0.1) is 18.3 Å². The number of ketones is 1. The second-order valence-electron chi connectivity index (χ2n) is 6.81. The zero-order valence-electron chi connectivity index (χ0n) is 12.6. The topological polar surface area (TPSA) is 17.1 Å². The Morgan fingerprint density at radius 2 is 1.90 bits per heavy atom. The predicted octanol–water partition coefficient (Wildman–Crippen LogP) is 4.94. The number of benzene rings is 1. The molecule has 0 spiro atoms. The van der Waals surface area contributed by atoms with Crippen LogP contribution in [0.1, 0.15) is 56.6 Å². The maximum atomic E-state index is 12.9.